The zero-order valence-electron chi connectivity index (χ0n) is 9.44. The van der Waals surface area contributed by atoms with Crippen molar-refractivity contribution in [3.05, 3.63) is 36.4 Å². The van der Waals surface area contributed by atoms with Crippen LogP contribution >= 0.6 is 0 Å². The normalized spacial score (nSPS) is 10.1. The average molecular weight is 217 g/mol. The van der Waals surface area contributed by atoms with Gasteiger partial charge in [0.1, 0.15) is 0 Å². The van der Waals surface area contributed by atoms with Gasteiger partial charge in [-0.1, -0.05) is 0 Å². The molecule has 0 bridgehead atoms. The van der Waals surface area contributed by atoms with Crippen LogP contribution in [0.25, 0.3) is 0 Å². The molecule has 0 saturated carbocycles. The van der Waals surface area contributed by atoms with Crippen molar-refractivity contribution >= 4 is 11.4 Å². The van der Waals surface area contributed by atoms with Gasteiger partial charge in [-0.05, 0) is 12.1 Å². The summed E-state index contributed by atoms with van der Waals surface area (Å²) < 4.78 is 1.85. The van der Waals surface area contributed by atoms with Crippen LogP contribution in [0.15, 0.2) is 30.7 Å². The molecule has 5 nitrogen and oxygen atoms in total. The van der Waals surface area contributed by atoms with E-state index < -0.39 is 0 Å². The van der Waals surface area contributed by atoms with Gasteiger partial charge in [-0.3, -0.25) is 9.67 Å². The van der Waals surface area contributed by atoms with Crippen LogP contribution in [-0.4, -0.2) is 21.8 Å². The van der Waals surface area contributed by atoms with Crippen LogP contribution in [0.4, 0.5) is 11.4 Å². The topological polar surface area (TPSA) is 54.8 Å². The summed E-state index contributed by atoms with van der Waals surface area (Å²) in [4.78, 5) is 4.13. The smallest absolute Gasteiger partial charge is 0.0571 e. The molecule has 2 heterocycles. The van der Waals surface area contributed by atoms with Crippen molar-refractivity contribution in [2.75, 3.05) is 17.7 Å². The molecular formula is C11H15N5. The number of nitrogens with zero attached hydrogens (tertiary/aromatic N) is 3. The minimum atomic E-state index is 0.741. The van der Waals surface area contributed by atoms with Gasteiger partial charge in [0, 0.05) is 20.3 Å². The summed E-state index contributed by atoms with van der Waals surface area (Å²) in [6.45, 7) is 0.741. The Morgan fingerprint density at radius 1 is 1.31 bits per heavy atom. The largest absolute Gasteiger partial charge is 0.387 e. The van der Waals surface area contributed by atoms with E-state index in [4.69, 9.17) is 0 Å². The molecule has 0 aliphatic rings. The summed E-state index contributed by atoms with van der Waals surface area (Å²) in [7, 11) is 3.81. The van der Waals surface area contributed by atoms with Gasteiger partial charge in [-0.25, -0.2) is 0 Å². The molecule has 2 aromatic rings. The Balaban J connectivity index is 2.02. The molecule has 0 radical (unpaired) electrons. The second-order valence-electron chi connectivity index (χ2n) is 3.51. The molecule has 0 amide bonds. The zero-order valence-corrected chi connectivity index (χ0v) is 9.44. The van der Waals surface area contributed by atoms with Crippen molar-refractivity contribution in [1.82, 2.24) is 14.8 Å². The lowest BCUT2D eigenvalue weighted by Crippen LogP contribution is -2.05. The highest BCUT2D eigenvalue weighted by Crippen LogP contribution is 2.13. The number of rotatable bonds is 4. The fourth-order valence-corrected chi connectivity index (χ4v) is 1.44. The number of hydrogen-bond acceptors (Lipinski definition) is 4. The number of aryl methyl sites for hydroxylation is 1. The molecule has 0 aliphatic heterocycles. The molecule has 0 unspecified atom stereocenters. The maximum atomic E-state index is 4.13. The van der Waals surface area contributed by atoms with E-state index in [0.29, 0.717) is 0 Å². The van der Waals surface area contributed by atoms with Crippen molar-refractivity contribution in [3.8, 4) is 0 Å². The average Bonchev–Trinajstić information content (AvgIpc) is 2.72. The van der Waals surface area contributed by atoms with Crippen molar-refractivity contribution in [3.63, 3.8) is 0 Å². The zero-order chi connectivity index (χ0) is 11.4. The van der Waals surface area contributed by atoms with Gasteiger partial charge in [-0.2, -0.15) is 5.10 Å². The van der Waals surface area contributed by atoms with Gasteiger partial charge >= 0.3 is 0 Å². The van der Waals surface area contributed by atoms with E-state index in [1.165, 1.54) is 0 Å². The minimum Gasteiger partial charge on any atom is -0.387 e. The van der Waals surface area contributed by atoms with Crippen LogP contribution < -0.4 is 10.6 Å². The first-order valence-electron chi connectivity index (χ1n) is 5.13. The van der Waals surface area contributed by atoms with Gasteiger partial charge in [0.2, 0.25) is 0 Å². The quantitative estimate of drug-likeness (QED) is 0.814. The molecule has 2 N–H and O–H groups in total. The second-order valence-corrected chi connectivity index (χ2v) is 3.51. The van der Waals surface area contributed by atoms with Gasteiger partial charge in [0.05, 0.1) is 36.0 Å². The summed E-state index contributed by atoms with van der Waals surface area (Å²) >= 11 is 0. The Bertz CT molecular complexity index is 463. The van der Waals surface area contributed by atoms with E-state index in [-0.39, 0.29) is 0 Å². The summed E-state index contributed by atoms with van der Waals surface area (Å²) in [6.07, 6.45) is 5.38. The molecule has 0 fully saturated rings. The number of nitrogens with one attached hydrogen (secondary N) is 2. The standard InChI is InChI=1S/C11H15N5/c1-12-9-5-10(7-13-6-9)14-8-11-3-4-15-16(11)2/h3-7,12,14H,8H2,1-2H3. The van der Waals surface area contributed by atoms with Crippen LogP contribution in [-0.2, 0) is 13.6 Å². The molecule has 84 valence electrons. The van der Waals surface area contributed by atoms with Gasteiger partial charge in [0.15, 0.2) is 0 Å². The number of pyridine rings is 1. The van der Waals surface area contributed by atoms with Crippen LogP contribution in [0.5, 0.6) is 0 Å². The fourth-order valence-electron chi connectivity index (χ4n) is 1.44. The maximum absolute atomic E-state index is 4.13. The predicted molar refractivity (Wildman–Crippen MR) is 64.3 cm³/mol. The molecule has 16 heavy (non-hydrogen) atoms. The van der Waals surface area contributed by atoms with Crippen molar-refractivity contribution in [2.24, 2.45) is 7.05 Å². The van der Waals surface area contributed by atoms with E-state index >= 15 is 0 Å². The Hall–Kier alpha value is -2.04. The summed E-state index contributed by atoms with van der Waals surface area (Å²) in [6, 6.07) is 4.01. The van der Waals surface area contributed by atoms with E-state index in [2.05, 4.69) is 20.7 Å². The van der Waals surface area contributed by atoms with E-state index in [9.17, 15) is 0 Å². The van der Waals surface area contributed by atoms with Crippen LogP contribution in [0.3, 0.4) is 0 Å². The predicted octanol–water partition coefficient (Wildman–Crippen LogP) is 1.47. The monoisotopic (exact) mass is 217 g/mol. The first-order chi connectivity index (χ1) is 7.79. The molecule has 2 rings (SSSR count). The highest BCUT2D eigenvalue weighted by Gasteiger charge is 1.99. The summed E-state index contributed by atoms with van der Waals surface area (Å²) in [5.74, 6) is 0. The third-order valence-electron chi connectivity index (χ3n) is 2.42. The summed E-state index contributed by atoms with van der Waals surface area (Å²) in [5, 5.41) is 10.5. The first kappa shape index (κ1) is 10.5. The lowest BCUT2D eigenvalue weighted by molar-refractivity contribution is 0.720. The fraction of sp³-hybridized carbons (Fsp3) is 0.273. The molecule has 2 aromatic heterocycles. The Labute approximate surface area is 94.5 Å². The van der Waals surface area contributed by atoms with Crippen molar-refractivity contribution < 1.29 is 0 Å². The molecular weight excluding hydrogens is 202 g/mol. The molecule has 0 atom stereocenters. The van der Waals surface area contributed by atoms with Gasteiger partial charge in [-0.15, -0.1) is 0 Å². The molecule has 0 spiro atoms. The summed E-state index contributed by atoms with van der Waals surface area (Å²) in [5.41, 5.74) is 3.12. The minimum absolute atomic E-state index is 0.741. The second kappa shape index (κ2) is 4.65. The van der Waals surface area contributed by atoms with Crippen LogP contribution in [0.2, 0.25) is 0 Å². The molecule has 0 saturated heterocycles. The number of aromatic nitrogens is 3. The Kier molecular flexibility index (Phi) is 3.05. The third kappa shape index (κ3) is 2.31. The first-order valence-corrected chi connectivity index (χ1v) is 5.13. The van der Waals surface area contributed by atoms with Crippen molar-refractivity contribution in [1.29, 1.82) is 0 Å². The lowest BCUT2D eigenvalue weighted by Gasteiger charge is -2.07. The van der Waals surface area contributed by atoms with Crippen LogP contribution in [0.1, 0.15) is 5.69 Å². The number of anilines is 2. The van der Waals surface area contributed by atoms with Gasteiger partial charge in [0.25, 0.3) is 0 Å². The van der Waals surface area contributed by atoms with E-state index in [0.717, 1.165) is 23.6 Å². The molecule has 0 aromatic carbocycles. The van der Waals surface area contributed by atoms with E-state index in [1.807, 2.05) is 30.9 Å². The van der Waals surface area contributed by atoms with Crippen LogP contribution in [0, 0.1) is 0 Å². The molecule has 5 heteroatoms. The highest BCUT2D eigenvalue weighted by molar-refractivity contribution is 5.53. The van der Waals surface area contributed by atoms with Gasteiger partial charge < -0.3 is 10.6 Å². The Morgan fingerprint density at radius 3 is 2.81 bits per heavy atom. The number of hydrogen-bond donors (Lipinski definition) is 2. The Morgan fingerprint density at radius 2 is 2.12 bits per heavy atom. The molecule has 0 aliphatic carbocycles. The highest BCUT2D eigenvalue weighted by atomic mass is 15.3. The lowest BCUT2D eigenvalue weighted by atomic mass is 10.3. The SMILES string of the molecule is CNc1cncc(NCc2ccnn2C)c1. The van der Waals surface area contributed by atoms with Crippen molar-refractivity contribution in [2.45, 2.75) is 6.54 Å². The third-order valence-corrected chi connectivity index (χ3v) is 2.42. The van der Waals surface area contributed by atoms with E-state index in [1.54, 1.807) is 18.6 Å². The maximum Gasteiger partial charge on any atom is 0.0571 e.